The Balaban J connectivity index is 1.49. The fraction of sp³-hybridized carbons (Fsp3) is 0.233. The largest absolute Gasteiger partial charge is 0.345 e. The summed E-state index contributed by atoms with van der Waals surface area (Å²) >= 11 is 0. The molecule has 8 heteroatoms. The number of nitrogens with zero attached hydrogens (tertiary/aromatic N) is 3. The summed E-state index contributed by atoms with van der Waals surface area (Å²) in [6.45, 7) is 0.835. The van der Waals surface area contributed by atoms with Gasteiger partial charge in [0.15, 0.2) is 0 Å². The minimum atomic E-state index is -0.319. The number of pyridine rings is 1. The molecule has 2 aromatic carbocycles. The normalized spacial score (nSPS) is 11.2. The summed E-state index contributed by atoms with van der Waals surface area (Å²) in [6, 6.07) is 19.8. The number of hydrogen-bond donors (Lipinski definition) is 1. The molecule has 0 unspecified atom stereocenters. The molecular formula is C30H31FN4O3. The molecule has 1 N–H and O–H groups in total. The number of fused-ring (bicyclic) bond motifs is 1. The van der Waals surface area contributed by atoms with E-state index >= 15 is 0 Å². The minimum absolute atomic E-state index is 0.104. The third-order valence-electron chi connectivity index (χ3n) is 6.24. The van der Waals surface area contributed by atoms with Crippen LogP contribution in [0.4, 0.5) is 10.1 Å². The highest BCUT2D eigenvalue weighted by Gasteiger charge is 2.13. The maximum atomic E-state index is 13.9. The van der Waals surface area contributed by atoms with E-state index in [0.29, 0.717) is 19.4 Å². The van der Waals surface area contributed by atoms with Gasteiger partial charge in [0.05, 0.1) is 6.54 Å². The number of carbonyl (C=O) groups is 2. The first kappa shape index (κ1) is 26.6. The highest BCUT2D eigenvalue weighted by atomic mass is 19.1. The van der Waals surface area contributed by atoms with Gasteiger partial charge < -0.3 is 19.4 Å². The maximum Gasteiger partial charge on any atom is 0.274 e. The average Bonchev–Trinajstić information content (AvgIpc) is 3.22. The van der Waals surface area contributed by atoms with Crippen molar-refractivity contribution in [3.05, 3.63) is 113 Å². The van der Waals surface area contributed by atoms with Gasteiger partial charge in [0.2, 0.25) is 11.8 Å². The van der Waals surface area contributed by atoms with Crippen molar-refractivity contribution in [2.45, 2.75) is 32.4 Å². The van der Waals surface area contributed by atoms with Crippen LogP contribution in [0.25, 0.3) is 10.9 Å². The van der Waals surface area contributed by atoms with E-state index in [4.69, 9.17) is 0 Å². The second-order valence-electron chi connectivity index (χ2n) is 9.34. The Morgan fingerprint density at radius 2 is 1.79 bits per heavy atom. The lowest BCUT2D eigenvalue weighted by Crippen LogP contribution is -2.26. The van der Waals surface area contributed by atoms with Crippen LogP contribution in [0.2, 0.25) is 0 Å². The van der Waals surface area contributed by atoms with Crippen molar-refractivity contribution >= 4 is 28.4 Å². The Morgan fingerprint density at radius 1 is 1.00 bits per heavy atom. The fourth-order valence-corrected chi connectivity index (χ4v) is 4.24. The summed E-state index contributed by atoms with van der Waals surface area (Å²) in [5.74, 6) is -0.685. The smallest absolute Gasteiger partial charge is 0.274 e. The van der Waals surface area contributed by atoms with Crippen molar-refractivity contribution in [3.63, 3.8) is 0 Å². The van der Waals surface area contributed by atoms with Crippen LogP contribution in [0.1, 0.15) is 30.5 Å². The van der Waals surface area contributed by atoms with Gasteiger partial charge in [0.1, 0.15) is 11.5 Å². The topological polar surface area (TPSA) is 76.3 Å². The molecule has 2 aromatic heterocycles. The molecule has 0 atom stereocenters. The SMILES string of the molecule is CN(C)C(=O)/C=C/CCCC(=O)Nc1cccn(Cc2cc3cc(F)ccc3n2Cc2ccccc2)c1=O. The number of anilines is 1. The van der Waals surface area contributed by atoms with Gasteiger partial charge in [0, 0.05) is 49.9 Å². The highest BCUT2D eigenvalue weighted by molar-refractivity contribution is 5.90. The predicted molar refractivity (Wildman–Crippen MR) is 148 cm³/mol. The van der Waals surface area contributed by atoms with Crippen molar-refractivity contribution in [1.82, 2.24) is 14.0 Å². The first-order valence-electron chi connectivity index (χ1n) is 12.5. The van der Waals surface area contributed by atoms with Gasteiger partial charge in [-0.1, -0.05) is 36.4 Å². The Kier molecular flexibility index (Phi) is 8.53. The predicted octanol–water partition coefficient (Wildman–Crippen LogP) is 4.79. The molecule has 7 nitrogen and oxygen atoms in total. The number of allylic oxidation sites excluding steroid dienone is 1. The van der Waals surface area contributed by atoms with E-state index < -0.39 is 0 Å². The van der Waals surface area contributed by atoms with Gasteiger partial charge >= 0.3 is 0 Å². The van der Waals surface area contributed by atoms with Crippen molar-refractivity contribution < 1.29 is 14.0 Å². The van der Waals surface area contributed by atoms with Gasteiger partial charge in [-0.3, -0.25) is 14.4 Å². The molecule has 4 rings (SSSR count). The Hall–Kier alpha value is -4.46. The molecule has 0 aliphatic carbocycles. The van der Waals surface area contributed by atoms with Crippen LogP contribution in [0.3, 0.4) is 0 Å². The summed E-state index contributed by atoms with van der Waals surface area (Å²) in [5.41, 5.74) is 2.70. The van der Waals surface area contributed by atoms with E-state index in [-0.39, 0.29) is 41.8 Å². The molecule has 38 heavy (non-hydrogen) atoms. The van der Waals surface area contributed by atoms with Crippen LogP contribution in [0, 0.1) is 5.82 Å². The Bertz CT molecular complexity index is 1520. The standard InChI is InChI=1S/C30H31FN4O3/c1-33(2)29(37)14-8-4-7-13-28(36)32-26-12-9-17-34(30(26)38)21-25-19-23-18-24(31)15-16-27(23)35(25)20-22-10-5-3-6-11-22/h3,5-6,8-12,14-19H,4,7,13,20-21H2,1-2H3,(H,32,36)/b14-8+. The zero-order valence-electron chi connectivity index (χ0n) is 21.6. The molecule has 0 radical (unpaired) electrons. The molecule has 0 aliphatic rings. The molecule has 196 valence electrons. The quantitative estimate of drug-likeness (QED) is 0.244. The second-order valence-corrected chi connectivity index (χ2v) is 9.34. The molecule has 0 bridgehead atoms. The lowest BCUT2D eigenvalue weighted by Gasteiger charge is -2.13. The number of benzene rings is 2. The number of unbranched alkanes of at least 4 members (excludes halogenated alkanes) is 1. The second kappa shape index (κ2) is 12.2. The number of nitrogens with one attached hydrogen (secondary N) is 1. The summed E-state index contributed by atoms with van der Waals surface area (Å²) in [6.07, 6.45) is 6.27. The fourth-order valence-electron chi connectivity index (χ4n) is 4.24. The summed E-state index contributed by atoms with van der Waals surface area (Å²) in [7, 11) is 3.35. The highest BCUT2D eigenvalue weighted by Crippen LogP contribution is 2.23. The number of amides is 2. The van der Waals surface area contributed by atoms with Crippen molar-refractivity contribution in [2.24, 2.45) is 0 Å². The monoisotopic (exact) mass is 514 g/mol. The first-order chi connectivity index (χ1) is 18.3. The van der Waals surface area contributed by atoms with Crippen LogP contribution in [-0.2, 0) is 22.7 Å². The summed E-state index contributed by atoms with van der Waals surface area (Å²) < 4.78 is 17.6. The summed E-state index contributed by atoms with van der Waals surface area (Å²) in [5, 5.41) is 3.47. The maximum absolute atomic E-state index is 13.9. The first-order valence-corrected chi connectivity index (χ1v) is 12.5. The van der Waals surface area contributed by atoms with Crippen LogP contribution in [0.5, 0.6) is 0 Å². The molecule has 0 spiro atoms. The van der Waals surface area contributed by atoms with Gasteiger partial charge in [-0.25, -0.2) is 4.39 Å². The van der Waals surface area contributed by atoms with E-state index in [1.807, 2.05) is 36.4 Å². The zero-order valence-corrected chi connectivity index (χ0v) is 21.6. The van der Waals surface area contributed by atoms with Gasteiger partial charge in [-0.05, 0) is 60.9 Å². The van der Waals surface area contributed by atoms with E-state index in [1.165, 1.54) is 27.7 Å². The third-order valence-corrected chi connectivity index (χ3v) is 6.24. The molecule has 4 aromatic rings. The number of aromatic nitrogens is 2. The molecular weight excluding hydrogens is 483 g/mol. The van der Waals surface area contributed by atoms with Crippen LogP contribution in [0.15, 0.2) is 89.9 Å². The average molecular weight is 515 g/mol. The number of carbonyl (C=O) groups excluding carboxylic acids is 2. The van der Waals surface area contributed by atoms with Crippen LogP contribution < -0.4 is 10.9 Å². The molecule has 0 saturated carbocycles. The number of hydrogen-bond acceptors (Lipinski definition) is 3. The van der Waals surface area contributed by atoms with Crippen LogP contribution >= 0.6 is 0 Å². The van der Waals surface area contributed by atoms with E-state index in [1.54, 1.807) is 44.6 Å². The zero-order chi connectivity index (χ0) is 27.1. The molecule has 0 saturated heterocycles. The third kappa shape index (κ3) is 6.64. The number of likely N-dealkylation sites (N-methyl/N-ethyl adjacent to an activating group) is 1. The Morgan fingerprint density at radius 3 is 2.55 bits per heavy atom. The van der Waals surface area contributed by atoms with Gasteiger partial charge in [0.25, 0.3) is 5.56 Å². The van der Waals surface area contributed by atoms with Crippen molar-refractivity contribution in [1.29, 1.82) is 0 Å². The summed E-state index contributed by atoms with van der Waals surface area (Å²) in [4.78, 5) is 38.7. The van der Waals surface area contributed by atoms with Crippen LogP contribution in [-0.4, -0.2) is 39.9 Å². The molecule has 0 aliphatic heterocycles. The van der Waals surface area contributed by atoms with Gasteiger partial charge in [-0.15, -0.1) is 0 Å². The van der Waals surface area contributed by atoms with Crippen molar-refractivity contribution in [2.75, 3.05) is 19.4 Å². The lowest BCUT2D eigenvalue weighted by molar-refractivity contribution is -0.123. The van der Waals surface area contributed by atoms with Crippen molar-refractivity contribution in [3.8, 4) is 0 Å². The molecule has 2 heterocycles. The number of halogens is 1. The van der Waals surface area contributed by atoms with E-state index in [9.17, 15) is 18.8 Å². The Labute approximate surface area is 220 Å². The van der Waals surface area contributed by atoms with E-state index in [0.717, 1.165) is 22.2 Å². The van der Waals surface area contributed by atoms with Gasteiger partial charge in [-0.2, -0.15) is 0 Å². The van der Waals surface area contributed by atoms with E-state index in [2.05, 4.69) is 9.88 Å². The molecule has 2 amide bonds. The number of rotatable bonds is 10. The molecule has 0 fully saturated rings. The minimum Gasteiger partial charge on any atom is -0.345 e. The lowest BCUT2D eigenvalue weighted by atomic mass is 10.2.